The van der Waals surface area contributed by atoms with E-state index in [0.29, 0.717) is 12.0 Å². The van der Waals surface area contributed by atoms with E-state index in [-0.39, 0.29) is 28.3 Å². The van der Waals surface area contributed by atoms with Crippen molar-refractivity contribution in [2.75, 3.05) is 19.8 Å². The van der Waals surface area contributed by atoms with Gasteiger partial charge in [-0.25, -0.2) is 21.1 Å². The maximum absolute atomic E-state index is 12.7. The topological polar surface area (TPSA) is 97.5 Å². The first-order valence-corrected chi connectivity index (χ1v) is 10.7. The van der Waals surface area contributed by atoms with Crippen LogP contribution in [0.1, 0.15) is 25.8 Å². The van der Waals surface area contributed by atoms with Crippen LogP contribution in [-0.4, -0.2) is 47.0 Å². The Bertz CT molecular complexity index is 756. The lowest BCUT2D eigenvalue weighted by Crippen LogP contribution is -2.35. The van der Waals surface area contributed by atoms with Crippen molar-refractivity contribution in [1.82, 2.24) is 4.31 Å². The van der Waals surface area contributed by atoms with Crippen molar-refractivity contribution < 1.29 is 16.8 Å². The maximum atomic E-state index is 12.7. The van der Waals surface area contributed by atoms with Crippen LogP contribution in [0.2, 0.25) is 0 Å². The molecule has 23 heavy (non-hydrogen) atoms. The van der Waals surface area contributed by atoms with Gasteiger partial charge in [-0.15, -0.1) is 0 Å². The molecule has 132 valence electrons. The first-order valence-electron chi connectivity index (χ1n) is 7.40. The third kappa shape index (κ3) is 5.00. The molecule has 8 heteroatoms. The Morgan fingerprint density at radius 3 is 2.22 bits per heavy atom. The first-order chi connectivity index (χ1) is 10.4. The number of aryl methyl sites for hydroxylation is 1. The van der Waals surface area contributed by atoms with Gasteiger partial charge in [0, 0.05) is 25.9 Å². The highest BCUT2D eigenvalue weighted by atomic mass is 32.2. The highest BCUT2D eigenvalue weighted by molar-refractivity contribution is 7.91. The molecule has 1 aromatic carbocycles. The molecule has 0 saturated carbocycles. The quantitative estimate of drug-likeness (QED) is 0.790. The summed E-state index contributed by atoms with van der Waals surface area (Å²) in [7, 11) is -5.75. The Hall–Kier alpha value is -0.960. The van der Waals surface area contributed by atoms with Gasteiger partial charge in [-0.05, 0) is 37.0 Å². The maximum Gasteiger partial charge on any atom is 0.243 e. The van der Waals surface area contributed by atoms with Gasteiger partial charge in [-0.2, -0.15) is 0 Å². The molecule has 1 unspecified atom stereocenters. The molecule has 0 heterocycles. The van der Waals surface area contributed by atoms with Crippen LogP contribution in [-0.2, 0) is 19.9 Å². The van der Waals surface area contributed by atoms with Crippen molar-refractivity contribution in [3.8, 4) is 0 Å². The summed E-state index contributed by atoms with van der Waals surface area (Å²) < 4.78 is 50.0. The monoisotopic (exact) mass is 362 g/mol. The molecule has 0 bridgehead atoms. The second kappa shape index (κ2) is 7.29. The van der Waals surface area contributed by atoms with Gasteiger partial charge in [0.15, 0.2) is 9.84 Å². The highest BCUT2D eigenvalue weighted by Gasteiger charge is 2.25. The van der Waals surface area contributed by atoms with Crippen molar-refractivity contribution in [2.24, 2.45) is 11.7 Å². The van der Waals surface area contributed by atoms with E-state index < -0.39 is 19.9 Å². The van der Waals surface area contributed by atoms with E-state index in [1.807, 2.05) is 13.8 Å². The molecule has 0 amide bonds. The average molecular weight is 363 g/mol. The van der Waals surface area contributed by atoms with Crippen molar-refractivity contribution in [2.45, 2.75) is 43.0 Å². The minimum absolute atomic E-state index is 0.00560. The van der Waals surface area contributed by atoms with E-state index in [9.17, 15) is 16.8 Å². The molecule has 1 rings (SSSR count). The average Bonchev–Trinajstić information content (AvgIpc) is 2.42. The molecule has 0 fully saturated rings. The fraction of sp³-hybridized carbons (Fsp3) is 0.600. The molecule has 0 radical (unpaired) electrons. The summed E-state index contributed by atoms with van der Waals surface area (Å²) in [4.78, 5) is 0.00926. The minimum atomic E-state index is -3.76. The zero-order chi connectivity index (χ0) is 18.0. The number of benzene rings is 1. The third-order valence-corrected chi connectivity index (χ3v) is 7.02. The molecule has 0 aliphatic heterocycles. The van der Waals surface area contributed by atoms with E-state index in [2.05, 4.69) is 0 Å². The van der Waals surface area contributed by atoms with Crippen LogP contribution in [0.3, 0.4) is 0 Å². The number of sulfonamides is 1. The molecule has 0 aliphatic rings. The standard InChI is InChI=1S/C15H26N2O4S2/c1-11(2)14(16)8-9-17(4)23(20,21)15-10-13(22(5,18)19)7-6-12(15)3/h6-7,10-11,14H,8-9,16H2,1-5H3. The van der Waals surface area contributed by atoms with Crippen LogP contribution in [0.15, 0.2) is 28.0 Å². The van der Waals surface area contributed by atoms with Gasteiger partial charge in [0.1, 0.15) is 0 Å². The van der Waals surface area contributed by atoms with Gasteiger partial charge in [-0.3, -0.25) is 0 Å². The third-order valence-electron chi connectivity index (χ3n) is 3.91. The summed E-state index contributed by atoms with van der Waals surface area (Å²) in [6.07, 6.45) is 1.59. The van der Waals surface area contributed by atoms with Crippen molar-refractivity contribution in [1.29, 1.82) is 0 Å². The summed E-state index contributed by atoms with van der Waals surface area (Å²) >= 11 is 0. The van der Waals surface area contributed by atoms with Gasteiger partial charge >= 0.3 is 0 Å². The highest BCUT2D eigenvalue weighted by Crippen LogP contribution is 2.23. The molecule has 1 atom stereocenters. The second-order valence-electron chi connectivity index (χ2n) is 6.22. The normalized spacial score (nSPS) is 14.4. The van der Waals surface area contributed by atoms with Crippen LogP contribution in [0.5, 0.6) is 0 Å². The van der Waals surface area contributed by atoms with E-state index in [1.165, 1.54) is 29.6 Å². The summed E-state index contributed by atoms with van der Waals surface area (Å²) in [5, 5.41) is 0. The Morgan fingerprint density at radius 2 is 1.74 bits per heavy atom. The zero-order valence-corrected chi connectivity index (χ0v) is 15.9. The zero-order valence-electron chi connectivity index (χ0n) is 14.3. The number of hydrogen-bond donors (Lipinski definition) is 1. The van der Waals surface area contributed by atoms with Crippen LogP contribution in [0.4, 0.5) is 0 Å². The molecular weight excluding hydrogens is 336 g/mol. The molecule has 0 aromatic heterocycles. The predicted octanol–water partition coefficient (Wildman–Crippen LogP) is 1.39. The smallest absolute Gasteiger partial charge is 0.243 e. The Morgan fingerprint density at radius 1 is 1.17 bits per heavy atom. The second-order valence-corrected chi connectivity index (χ2v) is 10.3. The Labute approximate surface area is 139 Å². The fourth-order valence-corrected chi connectivity index (χ4v) is 4.20. The summed E-state index contributed by atoms with van der Waals surface area (Å²) in [5.74, 6) is 0.265. The van der Waals surface area contributed by atoms with E-state index in [0.717, 1.165) is 6.26 Å². The molecule has 0 aliphatic carbocycles. The molecule has 0 saturated heterocycles. The van der Waals surface area contributed by atoms with E-state index in [1.54, 1.807) is 6.92 Å². The molecule has 1 aromatic rings. The van der Waals surface area contributed by atoms with Crippen molar-refractivity contribution >= 4 is 19.9 Å². The number of rotatable bonds is 7. The van der Waals surface area contributed by atoms with Crippen LogP contribution in [0.25, 0.3) is 0 Å². The SMILES string of the molecule is Cc1ccc(S(C)(=O)=O)cc1S(=O)(=O)N(C)CCC(N)C(C)C. The predicted molar refractivity (Wildman–Crippen MR) is 91.5 cm³/mol. The fourth-order valence-electron chi connectivity index (χ4n) is 2.04. The van der Waals surface area contributed by atoms with Crippen molar-refractivity contribution in [3.63, 3.8) is 0 Å². The summed E-state index contributed by atoms with van der Waals surface area (Å²) in [5.41, 5.74) is 6.47. The molecule has 6 nitrogen and oxygen atoms in total. The van der Waals surface area contributed by atoms with Crippen LogP contribution >= 0.6 is 0 Å². The van der Waals surface area contributed by atoms with E-state index in [4.69, 9.17) is 5.73 Å². The summed E-state index contributed by atoms with van der Waals surface area (Å²) in [6, 6.07) is 4.06. The summed E-state index contributed by atoms with van der Waals surface area (Å²) in [6.45, 7) is 5.90. The van der Waals surface area contributed by atoms with Gasteiger partial charge < -0.3 is 5.73 Å². The minimum Gasteiger partial charge on any atom is -0.327 e. The Kier molecular flexibility index (Phi) is 6.37. The van der Waals surface area contributed by atoms with Crippen LogP contribution < -0.4 is 5.73 Å². The molecule has 0 spiro atoms. The number of nitrogens with two attached hydrogens (primary N) is 1. The number of hydrogen-bond acceptors (Lipinski definition) is 5. The largest absolute Gasteiger partial charge is 0.327 e. The first kappa shape index (κ1) is 20.1. The van der Waals surface area contributed by atoms with Gasteiger partial charge in [0.05, 0.1) is 9.79 Å². The lowest BCUT2D eigenvalue weighted by Gasteiger charge is -2.22. The van der Waals surface area contributed by atoms with Gasteiger partial charge in [0.25, 0.3) is 0 Å². The molecule has 2 N–H and O–H groups in total. The van der Waals surface area contributed by atoms with Crippen molar-refractivity contribution in [3.05, 3.63) is 23.8 Å². The van der Waals surface area contributed by atoms with Gasteiger partial charge in [0.2, 0.25) is 10.0 Å². The number of sulfone groups is 1. The lowest BCUT2D eigenvalue weighted by molar-refractivity contribution is 0.397. The van der Waals surface area contributed by atoms with Crippen LogP contribution in [0, 0.1) is 12.8 Å². The lowest BCUT2D eigenvalue weighted by atomic mass is 10.0. The number of nitrogens with zero attached hydrogens (tertiary/aromatic N) is 1. The van der Waals surface area contributed by atoms with E-state index >= 15 is 0 Å². The van der Waals surface area contributed by atoms with Gasteiger partial charge in [-0.1, -0.05) is 19.9 Å². The molecular formula is C15H26N2O4S2. The Balaban J connectivity index is 3.13.